The van der Waals surface area contributed by atoms with Crippen molar-refractivity contribution in [1.82, 2.24) is 16.0 Å². The maximum atomic E-state index is 12.9. The van der Waals surface area contributed by atoms with Crippen molar-refractivity contribution in [3.63, 3.8) is 0 Å². The minimum Gasteiger partial charge on any atom is -0.477 e. The second kappa shape index (κ2) is 22.2. The molecule has 4 saturated heterocycles. The Bertz CT molecular complexity index is 1720. The van der Waals surface area contributed by atoms with Crippen LogP contribution in [0.3, 0.4) is 0 Å². The molecule has 0 aliphatic carbocycles. The van der Waals surface area contributed by atoms with Crippen molar-refractivity contribution in [2.24, 2.45) is 0 Å². The number of rotatable bonds is 18. The van der Waals surface area contributed by atoms with Crippen LogP contribution in [0.5, 0.6) is 0 Å². The Morgan fingerprint density at radius 3 is 1.81 bits per heavy atom. The van der Waals surface area contributed by atoms with Crippen molar-refractivity contribution >= 4 is 34.1 Å². The Hall–Kier alpha value is -2.97. The first-order valence-electron chi connectivity index (χ1n) is 19.4. The van der Waals surface area contributed by atoms with E-state index < -0.39 is 195 Å². The average Bonchev–Trinajstić information content (AvgIpc) is 3.20. The molecule has 4 rings (SSSR count). The van der Waals surface area contributed by atoms with Crippen LogP contribution in [0, 0.1) is 0 Å². The van der Waals surface area contributed by atoms with Gasteiger partial charge in [-0.15, -0.1) is 0 Å². The fraction of sp³-hybridized carbons (Fsp3) is 0.879. The summed E-state index contributed by atoms with van der Waals surface area (Å²) < 4.78 is 74.7. The van der Waals surface area contributed by atoms with Crippen molar-refractivity contribution in [2.45, 2.75) is 155 Å². The Kier molecular flexibility index (Phi) is 18.6. The molecule has 0 bridgehead atoms. The zero-order chi connectivity index (χ0) is 48.2. The standard InChI is InChI=1S/C33H55N3O27S/c1-9(39)34-17-12(42)4-33(32(51)52,62-27(17)20(44)13(43)5-37)63-28-22(46)14(6-38)59-31(25(28)49)61-26-19(36-11(3)41)29(50)58-15(23(26)47)7-56-30-18(35-10(2)40)24(48)21(45)16(60-30)8-57-64(53,54)55/h12-31,37-38,42-50H,4-8H2,1-3H3,(H,34,39)(H,35,40)(H,36,41)(H,51,52)(H,53,54,55)/t12-,13+,14+,15+,16+,17+,18+,19+,20+,21+,22-,23-,24+,25+,26+,27+,28-,29-,30+,31-,33-/m0/s1. The van der Waals surface area contributed by atoms with Gasteiger partial charge in [0.15, 0.2) is 18.9 Å². The lowest BCUT2D eigenvalue weighted by Crippen LogP contribution is -2.71. The summed E-state index contributed by atoms with van der Waals surface area (Å²) in [6.45, 7) is -1.21. The molecule has 30 nitrogen and oxygen atoms in total. The van der Waals surface area contributed by atoms with Crippen molar-refractivity contribution in [2.75, 3.05) is 26.4 Å². The van der Waals surface area contributed by atoms with Crippen molar-refractivity contribution in [3.05, 3.63) is 0 Å². The summed E-state index contributed by atoms with van der Waals surface area (Å²) in [5, 5.41) is 135. The zero-order valence-corrected chi connectivity index (χ0v) is 34.8. The van der Waals surface area contributed by atoms with Gasteiger partial charge in [-0.1, -0.05) is 0 Å². The van der Waals surface area contributed by atoms with E-state index in [9.17, 15) is 88.9 Å². The van der Waals surface area contributed by atoms with Crippen LogP contribution in [0.1, 0.15) is 27.2 Å². The number of nitrogens with one attached hydrogen (secondary N) is 3. The third-order valence-electron chi connectivity index (χ3n) is 10.6. The van der Waals surface area contributed by atoms with E-state index in [1.54, 1.807) is 0 Å². The predicted octanol–water partition coefficient (Wildman–Crippen LogP) is -10.3. The highest BCUT2D eigenvalue weighted by molar-refractivity contribution is 7.80. The third kappa shape index (κ3) is 12.7. The zero-order valence-electron chi connectivity index (χ0n) is 34.0. The van der Waals surface area contributed by atoms with E-state index >= 15 is 0 Å². The number of carbonyl (C=O) groups excluding carboxylic acids is 3. The van der Waals surface area contributed by atoms with Crippen LogP contribution in [0.15, 0.2) is 0 Å². The molecular weight excluding hydrogens is 902 g/mol. The monoisotopic (exact) mass is 957 g/mol. The molecule has 0 spiro atoms. The number of carboxylic acids is 1. The van der Waals surface area contributed by atoms with Gasteiger partial charge < -0.3 is 110 Å². The molecule has 4 heterocycles. The molecule has 0 aromatic carbocycles. The van der Waals surface area contributed by atoms with Gasteiger partial charge in [-0.3, -0.25) is 18.9 Å². The fourth-order valence-electron chi connectivity index (χ4n) is 7.49. The van der Waals surface area contributed by atoms with Gasteiger partial charge in [0.05, 0.1) is 38.6 Å². The van der Waals surface area contributed by atoms with Gasteiger partial charge in [-0.05, 0) is 0 Å². The lowest BCUT2D eigenvalue weighted by molar-refractivity contribution is -0.381. The van der Waals surface area contributed by atoms with Crippen LogP contribution in [-0.4, -0.2) is 253 Å². The molecule has 4 fully saturated rings. The van der Waals surface area contributed by atoms with E-state index in [1.807, 2.05) is 0 Å². The van der Waals surface area contributed by atoms with E-state index in [-0.39, 0.29) is 0 Å². The van der Waals surface area contributed by atoms with Gasteiger partial charge in [0.25, 0.3) is 5.79 Å². The predicted molar refractivity (Wildman–Crippen MR) is 196 cm³/mol. The maximum Gasteiger partial charge on any atom is 0.397 e. The average molecular weight is 958 g/mol. The molecule has 4 aliphatic rings. The second-order valence-electron chi connectivity index (χ2n) is 15.3. The summed E-state index contributed by atoms with van der Waals surface area (Å²) in [5.74, 6) is -7.69. The summed E-state index contributed by atoms with van der Waals surface area (Å²) in [6.07, 6.45) is -35.7. The first-order chi connectivity index (χ1) is 29.7. The normalized spacial score (nSPS) is 41.6. The first-order valence-corrected chi connectivity index (χ1v) is 20.7. The SMILES string of the molecule is CC(=O)N[C@@H]1[C@@H](O[C@@H]2O[C@H](CO)[C@H](O)[C@H](O[C@]3(C(=O)O)C[C@H](O)[C@@H](NC(C)=O)[C@H]([C@H](O)[C@H](O)CO)O3)[C@H]2O)[C@@H](O)[C@@H](CO[C@@H]2O[C@H](COS(=O)(=O)O)[C@@H](O)[C@H](O)[C@H]2NC(C)=O)O[C@@H]1O. The first kappa shape index (κ1) is 53.6. The number of ether oxygens (including phenoxy) is 7. The Balaban J connectivity index is 1.63. The molecule has 0 radical (unpaired) electrons. The number of hydrogen-bond acceptors (Lipinski definition) is 25. The highest BCUT2D eigenvalue weighted by Crippen LogP contribution is 2.38. The number of amides is 3. The maximum absolute atomic E-state index is 12.9. The van der Waals surface area contributed by atoms with Gasteiger partial charge in [-0.25, -0.2) is 8.98 Å². The van der Waals surface area contributed by atoms with E-state index in [0.29, 0.717) is 0 Å². The molecule has 4 aliphatic heterocycles. The quantitative estimate of drug-likeness (QED) is 0.0567. The number of hydrogen-bond donors (Lipinski definition) is 16. The number of carbonyl (C=O) groups is 4. The molecule has 0 aromatic heterocycles. The summed E-state index contributed by atoms with van der Waals surface area (Å²) >= 11 is 0. The lowest BCUT2D eigenvalue weighted by atomic mass is 9.88. The number of aliphatic carboxylic acids is 1. The van der Waals surface area contributed by atoms with E-state index in [1.165, 1.54) is 0 Å². The van der Waals surface area contributed by atoms with Gasteiger partial charge in [0.2, 0.25) is 17.7 Å². The van der Waals surface area contributed by atoms with Crippen molar-refractivity contribution < 1.29 is 131 Å². The second-order valence-corrected chi connectivity index (χ2v) is 16.4. The van der Waals surface area contributed by atoms with Crippen LogP contribution in [0.2, 0.25) is 0 Å². The summed E-state index contributed by atoms with van der Waals surface area (Å²) in [7, 11) is -5.09. The molecule has 0 unspecified atom stereocenters. The van der Waals surface area contributed by atoms with Crippen LogP contribution >= 0.6 is 0 Å². The van der Waals surface area contributed by atoms with Gasteiger partial charge in [0.1, 0.15) is 91.4 Å². The smallest absolute Gasteiger partial charge is 0.397 e. The van der Waals surface area contributed by atoms with Crippen LogP contribution in [0.4, 0.5) is 0 Å². The summed E-state index contributed by atoms with van der Waals surface area (Å²) in [4.78, 5) is 49.0. The Labute approximate surface area is 362 Å². The Morgan fingerprint density at radius 1 is 0.719 bits per heavy atom. The van der Waals surface area contributed by atoms with Gasteiger partial charge in [0, 0.05) is 27.2 Å². The molecule has 16 N–H and O–H groups in total. The molecule has 31 heteroatoms. The summed E-state index contributed by atoms with van der Waals surface area (Å²) in [6, 6.07) is -5.01. The molecule has 21 atom stereocenters. The Morgan fingerprint density at radius 2 is 1.27 bits per heavy atom. The number of aliphatic hydroxyl groups is 11. The number of carboxylic acid groups (broad SMARTS) is 1. The van der Waals surface area contributed by atoms with Gasteiger partial charge >= 0.3 is 16.4 Å². The van der Waals surface area contributed by atoms with E-state index in [4.69, 9.17) is 37.7 Å². The highest BCUT2D eigenvalue weighted by atomic mass is 32.3. The molecule has 0 aromatic rings. The fourth-order valence-corrected chi connectivity index (χ4v) is 7.80. The number of aliphatic hydroxyl groups excluding tert-OH is 11. The van der Waals surface area contributed by atoms with Crippen molar-refractivity contribution in [3.8, 4) is 0 Å². The van der Waals surface area contributed by atoms with Crippen LogP contribution in [-0.2, 0) is 66.9 Å². The van der Waals surface area contributed by atoms with E-state index in [2.05, 4.69) is 20.1 Å². The third-order valence-corrected chi connectivity index (χ3v) is 11.0. The van der Waals surface area contributed by atoms with Gasteiger partial charge in [-0.2, -0.15) is 8.42 Å². The molecule has 370 valence electrons. The highest BCUT2D eigenvalue weighted by Gasteiger charge is 2.60. The lowest BCUT2D eigenvalue weighted by Gasteiger charge is -2.51. The van der Waals surface area contributed by atoms with Crippen LogP contribution in [0.25, 0.3) is 0 Å². The van der Waals surface area contributed by atoms with E-state index in [0.717, 1.165) is 20.8 Å². The minimum absolute atomic E-state index is 0.788. The summed E-state index contributed by atoms with van der Waals surface area (Å²) in [5.41, 5.74) is 0. The molecule has 3 amide bonds. The topological polar surface area (TPSA) is 475 Å². The minimum atomic E-state index is -5.09. The van der Waals surface area contributed by atoms with Crippen molar-refractivity contribution in [1.29, 1.82) is 0 Å². The molecule has 64 heavy (non-hydrogen) atoms. The molecular formula is C33H55N3O27S. The molecule has 0 saturated carbocycles. The largest absolute Gasteiger partial charge is 0.477 e. The van der Waals surface area contributed by atoms with Crippen LogP contribution < -0.4 is 16.0 Å².